The number of carbonyl (C=O) groups is 1. The van der Waals surface area contributed by atoms with E-state index in [1.54, 1.807) is 12.1 Å². The van der Waals surface area contributed by atoms with E-state index in [0.717, 1.165) is 17.7 Å². The van der Waals surface area contributed by atoms with Crippen LogP contribution in [0.4, 0.5) is 8.78 Å². The molecule has 1 aromatic heterocycles. The summed E-state index contributed by atoms with van der Waals surface area (Å²) in [7, 11) is 0. The van der Waals surface area contributed by atoms with E-state index in [9.17, 15) is 13.6 Å². The van der Waals surface area contributed by atoms with Crippen molar-refractivity contribution in [3.05, 3.63) is 76.8 Å². The summed E-state index contributed by atoms with van der Waals surface area (Å²) < 4.78 is 32.3. The number of benzene rings is 2. The van der Waals surface area contributed by atoms with Crippen LogP contribution < -0.4 is 5.32 Å². The van der Waals surface area contributed by atoms with Crippen LogP contribution in [0.3, 0.4) is 0 Å². The third-order valence-electron chi connectivity index (χ3n) is 4.06. The minimum Gasteiger partial charge on any atom is -0.441 e. The molecule has 0 saturated heterocycles. The lowest BCUT2D eigenvalue weighted by atomic mass is 10.1. The Balaban J connectivity index is 1.56. The molecule has 0 aliphatic heterocycles. The molecule has 0 aliphatic rings. The second-order valence-electron chi connectivity index (χ2n) is 6.08. The van der Waals surface area contributed by atoms with E-state index in [0.29, 0.717) is 10.9 Å². The Bertz CT molecular complexity index is 941. The summed E-state index contributed by atoms with van der Waals surface area (Å²) in [6.45, 7) is 1.88. The first kappa shape index (κ1) is 19.0. The summed E-state index contributed by atoms with van der Waals surface area (Å²) >= 11 is 5.86. The number of nitrogens with zero attached hydrogens (tertiary/aromatic N) is 1. The van der Waals surface area contributed by atoms with E-state index in [2.05, 4.69) is 10.3 Å². The highest BCUT2D eigenvalue weighted by atomic mass is 35.5. The van der Waals surface area contributed by atoms with E-state index >= 15 is 0 Å². The van der Waals surface area contributed by atoms with E-state index in [-0.39, 0.29) is 36.1 Å². The lowest BCUT2D eigenvalue weighted by Crippen LogP contribution is -2.26. The highest BCUT2D eigenvalue weighted by Crippen LogP contribution is 2.24. The standard InChI is InChI=1S/C20H17ClF2N2O2/c1-12(13-2-4-14(21)5-3-13)25-19(26)8-9-20-24-11-18(27-20)16-7-6-15(22)10-17(16)23/h2-7,10-12H,8-9H2,1H3,(H,25,26)/t12-/m0/s1. The Morgan fingerprint density at radius 2 is 1.96 bits per heavy atom. The van der Waals surface area contributed by atoms with Gasteiger partial charge in [-0.25, -0.2) is 13.8 Å². The van der Waals surface area contributed by atoms with Crippen molar-refractivity contribution in [3.8, 4) is 11.3 Å². The van der Waals surface area contributed by atoms with Crippen molar-refractivity contribution in [2.45, 2.75) is 25.8 Å². The van der Waals surface area contributed by atoms with Crippen LogP contribution in [0.5, 0.6) is 0 Å². The van der Waals surface area contributed by atoms with Crippen LogP contribution >= 0.6 is 11.6 Å². The van der Waals surface area contributed by atoms with Crippen molar-refractivity contribution in [2.24, 2.45) is 0 Å². The molecule has 4 nitrogen and oxygen atoms in total. The molecular formula is C20H17ClF2N2O2. The lowest BCUT2D eigenvalue weighted by molar-refractivity contribution is -0.121. The van der Waals surface area contributed by atoms with Crippen molar-refractivity contribution in [1.82, 2.24) is 10.3 Å². The van der Waals surface area contributed by atoms with Gasteiger partial charge in [-0.1, -0.05) is 23.7 Å². The van der Waals surface area contributed by atoms with Crippen LogP contribution in [0.1, 0.15) is 30.8 Å². The van der Waals surface area contributed by atoms with Crippen LogP contribution in [-0.2, 0) is 11.2 Å². The first-order chi connectivity index (χ1) is 12.9. The van der Waals surface area contributed by atoms with Crippen LogP contribution in [0.2, 0.25) is 5.02 Å². The fraction of sp³-hybridized carbons (Fsp3) is 0.200. The van der Waals surface area contributed by atoms with Gasteiger partial charge in [0, 0.05) is 23.9 Å². The number of nitrogens with one attached hydrogen (secondary N) is 1. The van der Waals surface area contributed by atoms with Gasteiger partial charge in [-0.15, -0.1) is 0 Å². The fourth-order valence-corrected chi connectivity index (χ4v) is 2.73. The van der Waals surface area contributed by atoms with Crippen LogP contribution in [0, 0.1) is 11.6 Å². The van der Waals surface area contributed by atoms with Gasteiger partial charge in [0.15, 0.2) is 11.7 Å². The fourth-order valence-electron chi connectivity index (χ4n) is 2.61. The largest absolute Gasteiger partial charge is 0.441 e. The molecule has 0 spiro atoms. The van der Waals surface area contributed by atoms with E-state index in [1.807, 2.05) is 19.1 Å². The van der Waals surface area contributed by atoms with Crippen molar-refractivity contribution in [1.29, 1.82) is 0 Å². The number of amides is 1. The Hall–Kier alpha value is -2.73. The number of hydrogen-bond acceptors (Lipinski definition) is 3. The second kappa shape index (κ2) is 8.31. The van der Waals surface area contributed by atoms with E-state index in [1.165, 1.54) is 12.3 Å². The second-order valence-corrected chi connectivity index (χ2v) is 6.52. The van der Waals surface area contributed by atoms with Crippen LogP contribution in [-0.4, -0.2) is 10.9 Å². The quantitative estimate of drug-likeness (QED) is 0.638. The summed E-state index contributed by atoms with van der Waals surface area (Å²) in [4.78, 5) is 16.2. The Kier molecular flexibility index (Phi) is 5.86. The average molecular weight is 391 g/mol. The number of aromatic nitrogens is 1. The van der Waals surface area contributed by atoms with Crippen LogP contribution in [0.15, 0.2) is 53.1 Å². The van der Waals surface area contributed by atoms with Gasteiger partial charge in [-0.2, -0.15) is 0 Å². The number of oxazole rings is 1. The predicted octanol–water partition coefficient (Wildman–Crippen LogP) is 5.08. The van der Waals surface area contributed by atoms with Gasteiger partial charge in [0.25, 0.3) is 0 Å². The summed E-state index contributed by atoms with van der Waals surface area (Å²) in [5.74, 6) is -1.06. The summed E-state index contributed by atoms with van der Waals surface area (Å²) in [5, 5.41) is 3.52. The number of carbonyl (C=O) groups excluding carboxylic acids is 1. The minimum absolute atomic E-state index is 0.121. The lowest BCUT2D eigenvalue weighted by Gasteiger charge is -2.14. The zero-order valence-corrected chi connectivity index (χ0v) is 15.3. The first-order valence-electron chi connectivity index (χ1n) is 8.37. The summed E-state index contributed by atoms with van der Waals surface area (Å²) in [6, 6.07) is 10.3. The van der Waals surface area contributed by atoms with Crippen molar-refractivity contribution < 1.29 is 18.0 Å². The number of halogens is 3. The first-order valence-corrected chi connectivity index (χ1v) is 8.75. The van der Waals surface area contributed by atoms with Gasteiger partial charge in [0.05, 0.1) is 17.8 Å². The molecule has 3 aromatic rings. The Labute approximate surface area is 160 Å². The van der Waals surface area contributed by atoms with Gasteiger partial charge in [-0.05, 0) is 36.8 Å². The molecule has 0 aliphatic carbocycles. The molecule has 1 amide bonds. The Morgan fingerprint density at radius 3 is 2.67 bits per heavy atom. The molecular weight excluding hydrogens is 374 g/mol. The molecule has 1 heterocycles. The van der Waals surface area contributed by atoms with Gasteiger partial charge in [0.1, 0.15) is 11.6 Å². The molecule has 0 fully saturated rings. The molecule has 0 radical (unpaired) electrons. The normalized spacial score (nSPS) is 12.0. The van der Waals surface area contributed by atoms with Gasteiger partial charge in [-0.3, -0.25) is 4.79 Å². The van der Waals surface area contributed by atoms with Crippen molar-refractivity contribution >= 4 is 17.5 Å². The van der Waals surface area contributed by atoms with Gasteiger partial charge in [0.2, 0.25) is 5.91 Å². The highest BCUT2D eigenvalue weighted by Gasteiger charge is 2.14. The van der Waals surface area contributed by atoms with Gasteiger partial charge >= 0.3 is 0 Å². The number of hydrogen-bond donors (Lipinski definition) is 1. The summed E-state index contributed by atoms with van der Waals surface area (Å²) in [5.41, 5.74) is 1.06. The molecule has 1 atom stereocenters. The molecule has 140 valence electrons. The topological polar surface area (TPSA) is 55.1 Å². The Morgan fingerprint density at radius 1 is 1.22 bits per heavy atom. The molecule has 0 unspecified atom stereocenters. The molecule has 27 heavy (non-hydrogen) atoms. The van der Waals surface area contributed by atoms with Gasteiger partial charge < -0.3 is 9.73 Å². The zero-order valence-electron chi connectivity index (χ0n) is 14.5. The maximum Gasteiger partial charge on any atom is 0.220 e. The van der Waals surface area contributed by atoms with Crippen molar-refractivity contribution in [3.63, 3.8) is 0 Å². The third kappa shape index (κ3) is 4.92. The third-order valence-corrected chi connectivity index (χ3v) is 4.32. The number of rotatable bonds is 6. The predicted molar refractivity (Wildman–Crippen MR) is 98.2 cm³/mol. The van der Waals surface area contributed by atoms with E-state index < -0.39 is 11.6 Å². The molecule has 0 saturated carbocycles. The maximum absolute atomic E-state index is 13.8. The van der Waals surface area contributed by atoms with Crippen LogP contribution in [0.25, 0.3) is 11.3 Å². The zero-order chi connectivity index (χ0) is 19.4. The maximum atomic E-state index is 13.8. The highest BCUT2D eigenvalue weighted by molar-refractivity contribution is 6.30. The molecule has 1 N–H and O–H groups in total. The molecule has 3 rings (SSSR count). The molecule has 2 aromatic carbocycles. The minimum atomic E-state index is -0.729. The number of aryl methyl sites for hydroxylation is 1. The molecule has 0 bridgehead atoms. The SMILES string of the molecule is C[C@H](NC(=O)CCc1ncc(-c2ccc(F)cc2F)o1)c1ccc(Cl)cc1. The summed E-state index contributed by atoms with van der Waals surface area (Å²) in [6.07, 6.45) is 1.80. The average Bonchev–Trinajstić information content (AvgIpc) is 3.09. The smallest absolute Gasteiger partial charge is 0.220 e. The monoisotopic (exact) mass is 390 g/mol. The molecule has 7 heteroatoms. The van der Waals surface area contributed by atoms with E-state index in [4.69, 9.17) is 16.0 Å². The van der Waals surface area contributed by atoms with Crippen molar-refractivity contribution in [2.75, 3.05) is 0 Å².